The second-order valence-electron chi connectivity index (χ2n) is 7.33. The molecule has 3 rings (SSSR count). The van der Waals surface area contributed by atoms with Crippen LogP contribution in [0, 0.1) is 5.82 Å². The average Bonchev–Trinajstić information content (AvgIpc) is 3.09. The Balaban J connectivity index is 1.69. The summed E-state index contributed by atoms with van der Waals surface area (Å²) >= 11 is 1.21. The first kappa shape index (κ1) is 19.3. The summed E-state index contributed by atoms with van der Waals surface area (Å²) in [5.41, 5.74) is 2.51. The number of carbonyl (C=O) groups is 1. The van der Waals surface area contributed by atoms with Gasteiger partial charge in [0.05, 0.1) is 5.25 Å². The molecular weight excluding hydrogens is 363 g/mol. The lowest BCUT2D eigenvalue weighted by Gasteiger charge is -2.19. The number of hydrogen-bond donors (Lipinski definition) is 0. The van der Waals surface area contributed by atoms with Gasteiger partial charge >= 0.3 is 0 Å². The van der Waals surface area contributed by atoms with Gasteiger partial charge in [-0.05, 0) is 42.2 Å². The summed E-state index contributed by atoms with van der Waals surface area (Å²) in [7, 11) is 0. The molecule has 0 fully saturated rings. The van der Waals surface area contributed by atoms with E-state index in [0.717, 1.165) is 0 Å². The number of ketones is 1. The summed E-state index contributed by atoms with van der Waals surface area (Å²) < 4.78 is 18.6. The molecule has 0 saturated heterocycles. The van der Waals surface area contributed by atoms with E-state index in [9.17, 15) is 9.18 Å². The molecule has 0 aliphatic carbocycles. The Morgan fingerprint density at radius 1 is 1.04 bits per heavy atom. The minimum Gasteiger partial charge on any atom is -0.411 e. The van der Waals surface area contributed by atoms with Gasteiger partial charge in [-0.1, -0.05) is 56.8 Å². The van der Waals surface area contributed by atoms with Crippen molar-refractivity contribution in [3.8, 4) is 11.5 Å². The van der Waals surface area contributed by atoms with E-state index in [1.54, 1.807) is 12.1 Å². The van der Waals surface area contributed by atoms with E-state index in [2.05, 4.69) is 31.0 Å². The number of rotatable bonds is 5. The van der Waals surface area contributed by atoms with Crippen LogP contribution in [0.1, 0.15) is 43.6 Å². The van der Waals surface area contributed by atoms with Crippen LogP contribution in [0.15, 0.2) is 58.2 Å². The van der Waals surface area contributed by atoms with Crippen LogP contribution >= 0.6 is 11.8 Å². The molecule has 0 aliphatic heterocycles. The predicted molar refractivity (Wildman–Crippen MR) is 104 cm³/mol. The van der Waals surface area contributed by atoms with Gasteiger partial charge in [0.2, 0.25) is 5.89 Å². The highest BCUT2D eigenvalue weighted by molar-refractivity contribution is 8.00. The number of carbonyl (C=O) groups excluding carboxylic acids is 1. The number of benzene rings is 2. The fraction of sp³-hybridized carbons (Fsp3) is 0.286. The maximum absolute atomic E-state index is 13.0. The molecule has 0 saturated carbocycles. The minimum atomic E-state index is -0.369. The van der Waals surface area contributed by atoms with Gasteiger partial charge in [0.15, 0.2) is 5.78 Å². The number of Topliss-reactive ketones (excluding diaryl/α,β-unsaturated/α-hetero) is 1. The zero-order chi connectivity index (χ0) is 19.6. The van der Waals surface area contributed by atoms with Gasteiger partial charge in [-0.3, -0.25) is 4.79 Å². The van der Waals surface area contributed by atoms with Crippen molar-refractivity contribution >= 4 is 17.5 Å². The zero-order valence-corrected chi connectivity index (χ0v) is 16.5. The van der Waals surface area contributed by atoms with Gasteiger partial charge in [-0.15, -0.1) is 10.2 Å². The molecule has 1 atom stereocenters. The Morgan fingerprint density at radius 3 is 2.26 bits per heavy atom. The minimum absolute atomic E-state index is 0.00184. The first-order chi connectivity index (χ1) is 12.7. The number of aromatic nitrogens is 2. The highest BCUT2D eigenvalue weighted by atomic mass is 32.2. The van der Waals surface area contributed by atoms with Crippen LogP contribution in [-0.2, 0) is 5.41 Å². The molecule has 0 unspecified atom stereocenters. The molecule has 0 N–H and O–H groups in total. The van der Waals surface area contributed by atoms with Crippen molar-refractivity contribution in [3.05, 3.63) is 65.5 Å². The molecule has 0 spiro atoms. The molecule has 2 aromatic carbocycles. The molecule has 1 aromatic heterocycles. The van der Waals surface area contributed by atoms with Crippen LogP contribution in [0.3, 0.4) is 0 Å². The molecule has 0 bridgehead atoms. The fourth-order valence-electron chi connectivity index (χ4n) is 2.54. The summed E-state index contributed by atoms with van der Waals surface area (Å²) in [6.45, 7) is 8.22. The maximum Gasteiger partial charge on any atom is 0.277 e. The standard InChI is InChI=1S/C21H21FN2O2S/c1-13(18(25)14-5-9-16(10-6-14)21(2,3)4)27-20-24-23-19(26-20)15-7-11-17(22)12-8-15/h5-13H,1-4H3/t13-/m1/s1. The summed E-state index contributed by atoms with van der Waals surface area (Å²) in [6, 6.07) is 13.5. The van der Waals surface area contributed by atoms with Gasteiger partial charge < -0.3 is 4.42 Å². The number of hydrogen-bond acceptors (Lipinski definition) is 5. The van der Waals surface area contributed by atoms with E-state index in [0.29, 0.717) is 22.2 Å². The lowest BCUT2D eigenvalue weighted by molar-refractivity contribution is 0.0993. The lowest BCUT2D eigenvalue weighted by Crippen LogP contribution is -2.15. The van der Waals surface area contributed by atoms with Gasteiger partial charge in [-0.2, -0.15) is 0 Å². The van der Waals surface area contributed by atoms with E-state index in [-0.39, 0.29) is 22.3 Å². The Morgan fingerprint density at radius 2 is 1.67 bits per heavy atom. The number of thioether (sulfide) groups is 1. The normalized spacial score (nSPS) is 12.8. The molecule has 1 heterocycles. The lowest BCUT2D eigenvalue weighted by atomic mass is 9.86. The van der Waals surface area contributed by atoms with Crippen LogP contribution in [0.4, 0.5) is 4.39 Å². The summed E-state index contributed by atoms with van der Waals surface area (Å²) in [5.74, 6) is -0.0294. The molecule has 0 aliphatic rings. The zero-order valence-electron chi connectivity index (χ0n) is 15.7. The largest absolute Gasteiger partial charge is 0.411 e. The summed E-state index contributed by atoms with van der Waals surface area (Å²) in [4.78, 5) is 12.7. The van der Waals surface area contributed by atoms with Crippen molar-refractivity contribution < 1.29 is 13.6 Å². The molecule has 4 nitrogen and oxygen atoms in total. The van der Waals surface area contributed by atoms with Crippen molar-refractivity contribution in [2.45, 2.75) is 43.6 Å². The van der Waals surface area contributed by atoms with Crippen LogP contribution in [-0.4, -0.2) is 21.2 Å². The van der Waals surface area contributed by atoms with Gasteiger partial charge in [0.1, 0.15) is 5.82 Å². The van der Waals surface area contributed by atoms with Crippen molar-refractivity contribution in [1.29, 1.82) is 0 Å². The monoisotopic (exact) mass is 384 g/mol. The molecule has 27 heavy (non-hydrogen) atoms. The summed E-state index contributed by atoms with van der Waals surface area (Å²) in [6.07, 6.45) is 0. The average molecular weight is 384 g/mol. The SMILES string of the molecule is C[C@@H](Sc1nnc(-c2ccc(F)cc2)o1)C(=O)c1ccc(C(C)(C)C)cc1. The van der Waals surface area contributed by atoms with Crippen molar-refractivity contribution in [1.82, 2.24) is 10.2 Å². The molecule has 140 valence electrons. The van der Waals surface area contributed by atoms with E-state index in [4.69, 9.17) is 4.42 Å². The van der Waals surface area contributed by atoms with E-state index >= 15 is 0 Å². The van der Waals surface area contributed by atoms with E-state index in [1.165, 1.54) is 29.5 Å². The Hall–Kier alpha value is -2.47. The number of nitrogens with zero attached hydrogens (tertiary/aromatic N) is 2. The maximum atomic E-state index is 13.0. The van der Waals surface area contributed by atoms with Gasteiger partial charge in [-0.25, -0.2) is 4.39 Å². The van der Waals surface area contributed by atoms with E-state index in [1.807, 2.05) is 31.2 Å². The molecule has 6 heteroatoms. The van der Waals surface area contributed by atoms with Crippen LogP contribution in [0.2, 0.25) is 0 Å². The third-order valence-electron chi connectivity index (χ3n) is 4.18. The molecule has 0 radical (unpaired) electrons. The van der Waals surface area contributed by atoms with Crippen molar-refractivity contribution in [2.75, 3.05) is 0 Å². The fourth-order valence-corrected chi connectivity index (χ4v) is 3.30. The molecule has 3 aromatic rings. The highest BCUT2D eigenvalue weighted by Crippen LogP contribution is 2.28. The first-order valence-corrected chi connectivity index (χ1v) is 9.53. The van der Waals surface area contributed by atoms with Crippen molar-refractivity contribution in [2.24, 2.45) is 0 Å². The Labute approximate surface area is 162 Å². The van der Waals surface area contributed by atoms with E-state index < -0.39 is 0 Å². The van der Waals surface area contributed by atoms with Crippen LogP contribution in [0.25, 0.3) is 11.5 Å². The van der Waals surface area contributed by atoms with Crippen LogP contribution in [0.5, 0.6) is 0 Å². The Bertz CT molecular complexity index is 928. The second kappa shape index (κ2) is 7.64. The highest BCUT2D eigenvalue weighted by Gasteiger charge is 2.21. The van der Waals surface area contributed by atoms with Crippen molar-refractivity contribution in [3.63, 3.8) is 0 Å². The third kappa shape index (κ3) is 4.63. The summed E-state index contributed by atoms with van der Waals surface area (Å²) in [5, 5.41) is 7.88. The first-order valence-electron chi connectivity index (χ1n) is 8.65. The Kier molecular flexibility index (Phi) is 5.46. The molecule has 0 amide bonds. The van der Waals surface area contributed by atoms with Crippen LogP contribution < -0.4 is 0 Å². The van der Waals surface area contributed by atoms with Gasteiger partial charge in [0, 0.05) is 11.1 Å². The number of halogens is 1. The third-order valence-corrected chi connectivity index (χ3v) is 5.11. The van der Waals surface area contributed by atoms with Gasteiger partial charge in [0.25, 0.3) is 5.22 Å². The predicted octanol–water partition coefficient (Wildman–Crippen LogP) is 5.54. The smallest absolute Gasteiger partial charge is 0.277 e. The quantitative estimate of drug-likeness (QED) is 0.427. The second-order valence-corrected chi connectivity index (χ2v) is 8.62. The topological polar surface area (TPSA) is 56.0 Å². The molecular formula is C21H21FN2O2S.